The van der Waals surface area contributed by atoms with Crippen molar-refractivity contribution in [1.29, 1.82) is 0 Å². The van der Waals surface area contributed by atoms with E-state index in [0.29, 0.717) is 24.2 Å². The van der Waals surface area contributed by atoms with Crippen LogP contribution in [0.15, 0.2) is 47.4 Å². The lowest BCUT2D eigenvalue weighted by atomic mass is 9.90. The molecule has 0 unspecified atom stereocenters. The van der Waals surface area contributed by atoms with Crippen LogP contribution in [0.4, 0.5) is 11.4 Å². The van der Waals surface area contributed by atoms with Crippen LogP contribution in [-0.2, 0) is 24.3 Å². The molecule has 0 bridgehead atoms. The Labute approximate surface area is 189 Å². The Balaban J connectivity index is 1.58. The highest BCUT2D eigenvalue weighted by Gasteiger charge is 2.52. The van der Waals surface area contributed by atoms with Crippen LogP contribution in [0, 0.1) is 0 Å². The Bertz CT molecular complexity index is 1220. The topological polar surface area (TPSA) is 136 Å². The van der Waals surface area contributed by atoms with Gasteiger partial charge in [0.2, 0.25) is 10.0 Å². The maximum atomic E-state index is 13.2. The minimum absolute atomic E-state index is 0.126. The minimum atomic E-state index is -4.15. The summed E-state index contributed by atoms with van der Waals surface area (Å²) in [5, 5.41) is 7.84. The number of primary sulfonamides is 1. The Morgan fingerprint density at radius 3 is 2.53 bits per heavy atom. The smallest absolute Gasteiger partial charge is 0.338 e. The zero-order chi connectivity index (χ0) is 23.1. The van der Waals surface area contributed by atoms with E-state index < -0.39 is 38.9 Å². The molecule has 0 saturated heterocycles. The summed E-state index contributed by atoms with van der Waals surface area (Å²) in [5.74, 6) is -1.73. The lowest BCUT2D eigenvalue weighted by Crippen LogP contribution is -2.61. The number of hydrogen-bond acceptors (Lipinski definition) is 6. The van der Waals surface area contributed by atoms with Gasteiger partial charge in [-0.25, -0.2) is 18.4 Å². The molecule has 2 aromatic carbocycles. The van der Waals surface area contributed by atoms with Crippen molar-refractivity contribution >= 4 is 50.8 Å². The van der Waals surface area contributed by atoms with E-state index in [0.717, 1.165) is 18.9 Å². The molecule has 2 aliphatic rings. The number of carbonyl (C=O) groups is 3. The van der Waals surface area contributed by atoms with E-state index in [1.165, 1.54) is 17.0 Å². The van der Waals surface area contributed by atoms with Crippen molar-refractivity contribution in [3.63, 3.8) is 0 Å². The fourth-order valence-electron chi connectivity index (χ4n) is 4.25. The minimum Gasteiger partial charge on any atom is -0.452 e. The third kappa shape index (κ3) is 3.85. The lowest BCUT2D eigenvalue weighted by Gasteiger charge is -2.44. The van der Waals surface area contributed by atoms with Crippen molar-refractivity contribution in [2.45, 2.75) is 36.1 Å². The van der Waals surface area contributed by atoms with E-state index in [2.05, 4.69) is 5.32 Å². The number of amides is 2. The number of nitrogens with two attached hydrogens (primary N) is 1. The summed E-state index contributed by atoms with van der Waals surface area (Å²) in [6.07, 6.45) is 2.59. The molecule has 1 saturated carbocycles. The maximum absolute atomic E-state index is 13.2. The number of esters is 1. The molecule has 1 heterocycles. The number of halogens is 1. The van der Waals surface area contributed by atoms with Gasteiger partial charge in [-0.2, -0.15) is 0 Å². The number of carbonyl (C=O) groups excluding carboxylic acids is 3. The maximum Gasteiger partial charge on any atom is 0.338 e. The van der Waals surface area contributed by atoms with E-state index in [1.54, 1.807) is 24.3 Å². The van der Waals surface area contributed by atoms with Gasteiger partial charge in [-0.3, -0.25) is 14.5 Å². The summed E-state index contributed by atoms with van der Waals surface area (Å²) in [6, 6.07) is 10.4. The average molecular weight is 478 g/mol. The molecule has 3 N–H and O–H groups in total. The van der Waals surface area contributed by atoms with Gasteiger partial charge in [-0.05, 0) is 43.2 Å². The predicted molar refractivity (Wildman–Crippen MR) is 117 cm³/mol. The van der Waals surface area contributed by atoms with Gasteiger partial charge in [0, 0.05) is 0 Å². The number of anilines is 2. The summed E-state index contributed by atoms with van der Waals surface area (Å²) < 4.78 is 28.4. The van der Waals surface area contributed by atoms with E-state index in [4.69, 9.17) is 21.5 Å². The number of ether oxygens (including phenoxy) is 1. The normalized spacial score (nSPS) is 17.1. The van der Waals surface area contributed by atoms with E-state index in [1.807, 2.05) is 0 Å². The molecule has 9 nitrogen and oxygen atoms in total. The summed E-state index contributed by atoms with van der Waals surface area (Å²) in [4.78, 5) is 39.6. The van der Waals surface area contributed by atoms with Crippen LogP contribution in [0.1, 0.15) is 36.0 Å². The quantitative estimate of drug-likeness (QED) is 0.649. The standard InChI is InChI=1S/C21H20ClN3O6S/c22-14-8-7-13(11-17(14)32(23,29)30)19(27)31-12-18(26)25-16-6-2-1-5-15(16)24-20(28)21(25)9-3-4-10-21/h1-2,5-8,11H,3-4,9-10,12H2,(H,24,28)(H2,23,29,30). The number of benzene rings is 2. The Morgan fingerprint density at radius 2 is 1.84 bits per heavy atom. The monoisotopic (exact) mass is 477 g/mol. The molecule has 1 spiro atoms. The molecule has 2 amide bonds. The number of fused-ring (bicyclic) bond motifs is 1. The molecule has 0 aromatic heterocycles. The number of para-hydroxylation sites is 2. The van der Waals surface area contributed by atoms with Gasteiger partial charge in [-0.1, -0.05) is 36.6 Å². The number of hydrogen-bond donors (Lipinski definition) is 2. The van der Waals surface area contributed by atoms with Crippen molar-refractivity contribution in [2.75, 3.05) is 16.8 Å². The first-order valence-electron chi connectivity index (χ1n) is 9.86. The fourth-order valence-corrected chi connectivity index (χ4v) is 5.32. The van der Waals surface area contributed by atoms with Crippen LogP contribution in [0.3, 0.4) is 0 Å². The predicted octanol–water partition coefficient (Wildman–Crippen LogP) is 2.44. The van der Waals surface area contributed by atoms with E-state index in [-0.39, 0.29) is 16.5 Å². The number of nitrogens with one attached hydrogen (secondary N) is 1. The lowest BCUT2D eigenvalue weighted by molar-refractivity contribution is -0.129. The summed E-state index contributed by atoms with van der Waals surface area (Å²) in [6.45, 7) is -0.629. The zero-order valence-corrected chi connectivity index (χ0v) is 18.4. The Hall–Kier alpha value is -2.95. The SMILES string of the molecule is NS(=O)(=O)c1cc(C(=O)OCC(=O)N2c3ccccc3NC(=O)C23CCCC3)ccc1Cl. The van der Waals surface area contributed by atoms with Gasteiger partial charge >= 0.3 is 5.97 Å². The first-order valence-corrected chi connectivity index (χ1v) is 11.8. The molecule has 0 radical (unpaired) electrons. The first kappa shape index (κ1) is 22.3. The largest absolute Gasteiger partial charge is 0.452 e. The van der Waals surface area contributed by atoms with Crippen LogP contribution in [0.5, 0.6) is 0 Å². The second kappa shape index (κ2) is 8.19. The van der Waals surface area contributed by atoms with Crippen molar-refractivity contribution in [2.24, 2.45) is 5.14 Å². The zero-order valence-electron chi connectivity index (χ0n) is 16.8. The van der Waals surface area contributed by atoms with Crippen molar-refractivity contribution < 1.29 is 27.5 Å². The van der Waals surface area contributed by atoms with Crippen LogP contribution in [-0.4, -0.2) is 38.3 Å². The van der Waals surface area contributed by atoms with E-state index in [9.17, 15) is 22.8 Å². The van der Waals surface area contributed by atoms with Gasteiger partial charge in [0.25, 0.3) is 11.8 Å². The van der Waals surface area contributed by atoms with Crippen molar-refractivity contribution in [1.82, 2.24) is 0 Å². The van der Waals surface area contributed by atoms with Gasteiger partial charge in [-0.15, -0.1) is 0 Å². The second-order valence-corrected chi connectivity index (χ2v) is 9.64. The molecule has 11 heteroatoms. The van der Waals surface area contributed by atoms with Crippen LogP contribution in [0.2, 0.25) is 5.02 Å². The fraction of sp³-hybridized carbons (Fsp3) is 0.286. The van der Waals surface area contributed by atoms with Crippen LogP contribution < -0.4 is 15.4 Å². The molecule has 32 heavy (non-hydrogen) atoms. The highest BCUT2D eigenvalue weighted by Crippen LogP contribution is 2.45. The Morgan fingerprint density at radius 1 is 1.16 bits per heavy atom. The summed E-state index contributed by atoms with van der Waals surface area (Å²) in [5.41, 5.74) is -0.110. The molecule has 1 fully saturated rings. The van der Waals surface area contributed by atoms with Gasteiger partial charge in [0.15, 0.2) is 6.61 Å². The summed E-state index contributed by atoms with van der Waals surface area (Å²) >= 11 is 5.84. The summed E-state index contributed by atoms with van der Waals surface area (Å²) in [7, 11) is -4.15. The van der Waals surface area contributed by atoms with Gasteiger partial charge in [0.1, 0.15) is 10.4 Å². The number of nitrogens with zero attached hydrogens (tertiary/aromatic N) is 1. The van der Waals surface area contributed by atoms with Crippen molar-refractivity contribution in [3.8, 4) is 0 Å². The molecule has 1 aliphatic heterocycles. The third-order valence-corrected chi connectivity index (χ3v) is 7.12. The first-order chi connectivity index (χ1) is 15.1. The van der Waals surface area contributed by atoms with E-state index >= 15 is 0 Å². The second-order valence-electron chi connectivity index (χ2n) is 7.71. The number of sulfonamides is 1. The van der Waals surface area contributed by atoms with Crippen LogP contribution >= 0.6 is 11.6 Å². The van der Waals surface area contributed by atoms with Crippen molar-refractivity contribution in [3.05, 3.63) is 53.1 Å². The molecule has 1 aliphatic carbocycles. The molecule has 2 aromatic rings. The highest BCUT2D eigenvalue weighted by molar-refractivity contribution is 7.89. The average Bonchev–Trinajstić information content (AvgIpc) is 3.22. The third-order valence-electron chi connectivity index (χ3n) is 5.72. The van der Waals surface area contributed by atoms with Gasteiger partial charge in [0.05, 0.1) is 22.0 Å². The molecular weight excluding hydrogens is 458 g/mol. The number of rotatable bonds is 4. The van der Waals surface area contributed by atoms with Gasteiger partial charge < -0.3 is 10.1 Å². The van der Waals surface area contributed by atoms with Crippen LogP contribution in [0.25, 0.3) is 0 Å². The molecule has 0 atom stereocenters. The Kier molecular flexibility index (Phi) is 5.70. The molecule has 4 rings (SSSR count). The molecule has 168 valence electrons. The highest BCUT2D eigenvalue weighted by atomic mass is 35.5. The molecular formula is C21H20ClN3O6S.